The van der Waals surface area contributed by atoms with E-state index in [0.29, 0.717) is 0 Å². The summed E-state index contributed by atoms with van der Waals surface area (Å²) in [5.41, 5.74) is -0.265. The molecule has 25 heavy (non-hydrogen) atoms. The van der Waals surface area contributed by atoms with E-state index in [1.165, 1.54) is 30.3 Å². The van der Waals surface area contributed by atoms with Crippen LogP contribution in [0.25, 0.3) is 0 Å². The Bertz CT molecular complexity index is 1060. The molecule has 2 rings (SSSR count). The minimum Gasteiger partial charge on any atom is -0.507 e. The van der Waals surface area contributed by atoms with Crippen LogP contribution in [0.15, 0.2) is 46.2 Å². The Hall–Kier alpha value is -2.10. The number of sulfone groups is 2. The smallest absolute Gasteiger partial charge is 0.259 e. The van der Waals surface area contributed by atoms with Gasteiger partial charge in [0.1, 0.15) is 5.75 Å². The van der Waals surface area contributed by atoms with Gasteiger partial charge in [-0.1, -0.05) is 11.6 Å². The Balaban J connectivity index is 2.52. The average Bonchev–Trinajstić information content (AvgIpc) is 2.47. The van der Waals surface area contributed by atoms with Gasteiger partial charge in [0.25, 0.3) is 5.91 Å². The maximum Gasteiger partial charge on any atom is 0.259 e. The van der Waals surface area contributed by atoms with Crippen molar-refractivity contribution in [3.8, 4) is 5.75 Å². The van der Waals surface area contributed by atoms with E-state index in [1.54, 1.807) is 0 Å². The van der Waals surface area contributed by atoms with Crippen molar-refractivity contribution in [3.05, 3.63) is 47.0 Å². The van der Waals surface area contributed by atoms with Crippen molar-refractivity contribution in [2.45, 2.75) is 9.79 Å². The number of hydrogen-bond acceptors (Lipinski definition) is 6. The summed E-state index contributed by atoms with van der Waals surface area (Å²) in [6.45, 7) is 0. The molecule has 2 aromatic carbocycles. The van der Waals surface area contributed by atoms with E-state index in [2.05, 4.69) is 5.32 Å². The highest BCUT2D eigenvalue weighted by Gasteiger charge is 2.20. The molecule has 0 heterocycles. The number of carbonyl (C=O) groups is 1. The van der Waals surface area contributed by atoms with Crippen LogP contribution in [-0.4, -0.2) is 40.4 Å². The van der Waals surface area contributed by atoms with Crippen LogP contribution >= 0.6 is 11.6 Å². The number of anilines is 1. The van der Waals surface area contributed by atoms with Gasteiger partial charge in [-0.2, -0.15) is 0 Å². The Labute approximate surface area is 150 Å². The number of amides is 1. The zero-order valence-electron chi connectivity index (χ0n) is 13.1. The maximum atomic E-state index is 12.3. The lowest BCUT2D eigenvalue weighted by atomic mass is 10.2. The third-order valence-corrected chi connectivity index (χ3v) is 5.71. The first-order valence-corrected chi connectivity index (χ1v) is 10.9. The summed E-state index contributed by atoms with van der Waals surface area (Å²) in [5, 5.41) is 12.3. The van der Waals surface area contributed by atoms with Crippen molar-refractivity contribution in [1.82, 2.24) is 0 Å². The second kappa shape index (κ2) is 6.66. The zero-order valence-corrected chi connectivity index (χ0v) is 15.5. The standard InChI is InChI=1S/C15H14ClNO6S2/c1-24(20,21)10-4-5-12(14(8-10)25(2,22)23)17-15(19)11-7-9(16)3-6-13(11)18/h3-8,18H,1-2H3,(H,17,19). The van der Waals surface area contributed by atoms with Gasteiger partial charge in [0.2, 0.25) is 0 Å². The van der Waals surface area contributed by atoms with E-state index in [1.807, 2.05) is 0 Å². The molecule has 0 saturated carbocycles. The molecule has 2 aromatic rings. The molecule has 10 heteroatoms. The van der Waals surface area contributed by atoms with Crippen molar-refractivity contribution in [3.63, 3.8) is 0 Å². The van der Waals surface area contributed by atoms with Gasteiger partial charge in [0.15, 0.2) is 19.7 Å². The lowest BCUT2D eigenvalue weighted by molar-refractivity contribution is 0.102. The molecule has 0 aromatic heterocycles. The molecule has 0 spiro atoms. The molecule has 0 atom stereocenters. The van der Waals surface area contributed by atoms with Crippen LogP contribution in [0.4, 0.5) is 5.69 Å². The zero-order chi connectivity index (χ0) is 19.0. The van der Waals surface area contributed by atoms with Crippen LogP contribution in [0, 0.1) is 0 Å². The number of phenols is 1. The van der Waals surface area contributed by atoms with Crippen LogP contribution in [0.2, 0.25) is 5.02 Å². The van der Waals surface area contributed by atoms with Gasteiger partial charge < -0.3 is 10.4 Å². The average molecular weight is 404 g/mol. The summed E-state index contributed by atoms with van der Waals surface area (Å²) >= 11 is 5.79. The minimum absolute atomic E-state index is 0.112. The summed E-state index contributed by atoms with van der Waals surface area (Å²) in [6, 6.07) is 7.15. The molecule has 0 fully saturated rings. The van der Waals surface area contributed by atoms with Gasteiger partial charge in [-0.25, -0.2) is 16.8 Å². The molecule has 134 valence electrons. The molecular weight excluding hydrogens is 390 g/mol. The normalized spacial score (nSPS) is 12.0. The van der Waals surface area contributed by atoms with E-state index in [4.69, 9.17) is 11.6 Å². The maximum absolute atomic E-state index is 12.3. The SMILES string of the molecule is CS(=O)(=O)c1ccc(NC(=O)c2cc(Cl)ccc2O)c(S(C)(=O)=O)c1. The summed E-state index contributed by atoms with van der Waals surface area (Å²) in [6.07, 6.45) is 1.83. The monoisotopic (exact) mass is 403 g/mol. The predicted molar refractivity (Wildman–Crippen MR) is 93.7 cm³/mol. The summed E-state index contributed by atoms with van der Waals surface area (Å²) in [7, 11) is -7.46. The van der Waals surface area contributed by atoms with E-state index < -0.39 is 25.6 Å². The Morgan fingerprint density at radius 3 is 2.20 bits per heavy atom. The Kier molecular flexibility index (Phi) is 5.12. The second-order valence-corrected chi connectivity index (χ2v) is 9.75. The van der Waals surface area contributed by atoms with Gasteiger partial charge >= 0.3 is 0 Å². The molecule has 0 radical (unpaired) electrons. The first-order valence-electron chi connectivity index (χ1n) is 6.73. The highest BCUT2D eigenvalue weighted by Crippen LogP contribution is 2.27. The summed E-state index contributed by atoms with van der Waals surface area (Å²) in [4.78, 5) is 11.8. The van der Waals surface area contributed by atoms with E-state index in [-0.39, 0.29) is 31.8 Å². The number of benzene rings is 2. The lowest BCUT2D eigenvalue weighted by Crippen LogP contribution is -2.15. The molecule has 0 saturated heterocycles. The molecule has 2 N–H and O–H groups in total. The second-order valence-electron chi connectivity index (χ2n) is 5.32. The van der Waals surface area contributed by atoms with E-state index in [9.17, 15) is 26.7 Å². The third-order valence-electron chi connectivity index (χ3n) is 3.23. The highest BCUT2D eigenvalue weighted by atomic mass is 35.5. The fraction of sp³-hybridized carbons (Fsp3) is 0.133. The van der Waals surface area contributed by atoms with Crippen molar-refractivity contribution < 1.29 is 26.7 Å². The van der Waals surface area contributed by atoms with Crippen LogP contribution in [-0.2, 0) is 19.7 Å². The molecule has 0 aliphatic heterocycles. The molecule has 0 unspecified atom stereocenters. The van der Waals surface area contributed by atoms with Crippen molar-refractivity contribution in [2.75, 3.05) is 17.8 Å². The Morgan fingerprint density at radius 2 is 1.64 bits per heavy atom. The summed E-state index contributed by atoms with van der Waals surface area (Å²) < 4.78 is 47.1. The van der Waals surface area contributed by atoms with Gasteiger partial charge in [-0.3, -0.25) is 4.79 Å². The fourth-order valence-electron chi connectivity index (χ4n) is 2.02. The highest BCUT2D eigenvalue weighted by molar-refractivity contribution is 7.91. The van der Waals surface area contributed by atoms with Gasteiger partial charge in [-0.15, -0.1) is 0 Å². The largest absolute Gasteiger partial charge is 0.507 e. The van der Waals surface area contributed by atoms with Crippen LogP contribution < -0.4 is 5.32 Å². The number of rotatable bonds is 4. The van der Waals surface area contributed by atoms with E-state index >= 15 is 0 Å². The van der Waals surface area contributed by atoms with Crippen molar-refractivity contribution in [1.29, 1.82) is 0 Å². The minimum atomic E-state index is -3.83. The quantitative estimate of drug-likeness (QED) is 0.807. The number of halogens is 1. The van der Waals surface area contributed by atoms with Gasteiger partial charge in [0.05, 0.1) is 21.0 Å². The first-order chi connectivity index (χ1) is 11.4. The van der Waals surface area contributed by atoms with Gasteiger partial charge in [0, 0.05) is 17.5 Å². The number of aromatic hydroxyl groups is 1. The van der Waals surface area contributed by atoms with Gasteiger partial charge in [-0.05, 0) is 36.4 Å². The third kappa shape index (κ3) is 4.50. The van der Waals surface area contributed by atoms with Crippen LogP contribution in [0.1, 0.15) is 10.4 Å². The number of carbonyl (C=O) groups excluding carboxylic acids is 1. The van der Waals surface area contributed by atoms with Crippen molar-refractivity contribution in [2.24, 2.45) is 0 Å². The van der Waals surface area contributed by atoms with Crippen molar-refractivity contribution >= 4 is 42.9 Å². The number of nitrogens with one attached hydrogen (secondary N) is 1. The molecule has 0 aliphatic carbocycles. The van der Waals surface area contributed by atoms with Crippen LogP contribution in [0.3, 0.4) is 0 Å². The molecule has 7 nitrogen and oxygen atoms in total. The first kappa shape index (κ1) is 19.2. The lowest BCUT2D eigenvalue weighted by Gasteiger charge is -2.12. The van der Waals surface area contributed by atoms with E-state index in [0.717, 1.165) is 18.6 Å². The molecule has 0 bridgehead atoms. The summed E-state index contributed by atoms with van der Waals surface area (Å²) in [5.74, 6) is -1.13. The predicted octanol–water partition coefficient (Wildman–Crippen LogP) is 2.10. The van der Waals surface area contributed by atoms with Crippen LogP contribution in [0.5, 0.6) is 5.75 Å². The topological polar surface area (TPSA) is 118 Å². The fourth-order valence-corrected chi connectivity index (χ4v) is 3.78. The number of phenolic OH excluding ortho intramolecular Hbond substituents is 1. The Morgan fingerprint density at radius 1 is 1.00 bits per heavy atom. The molecule has 0 aliphatic rings. The molecular formula is C15H14ClNO6S2. The number of hydrogen-bond donors (Lipinski definition) is 2. The molecule has 1 amide bonds.